The number of allylic oxidation sites excluding steroid dienone is 3. The second kappa shape index (κ2) is 6.07. The quantitative estimate of drug-likeness (QED) is 0.714. The third-order valence-electron chi connectivity index (χ3n) is 1.93. The first kappa shape index (κ1) is 11.6. The molecular weight excluding hydrogens is 182 g/mol. The van der Waals surface area contributed by atoms with Crippen LogP contribution in [0.25, 0.3) is 0 Å². The molecule has 80 valence electrons. The molecule has 0 aliphatic rings. The summed E-state index contributed by atoms with van der Waals surface area (Å²) in [5.74, 6) is 0. The number of hydrogen-bond acceptors (Lipinski definition) is 1. The highest BCUT2D eigenvalue weighted by Gasteiger charge is 1.93. The average molecular weight is 201 g/mol. The van der Waals surface area contributed by atoms with Gasteiger partial charge in [0.15, 0.2) is 0 Å². The van der Waals surface area contributed by atoms with Crippen LogP contribution in [-0.2, 0) is 0 Å². The second-order valence-electron chi connectivity index (χ2n) is 3.78. The van der Waals surface area contributed by atoms with E-state index in [-0.39, 0.29) is 0 Å². The van der Waals surface area contributed by atoms with E-state index in [4.69, 9.17) is 0 Å². The van der Waals surface area contributed by atoms with Crippen LogP contribution in [0.1, 0.15) is 27.2 Å². The molecule has 0 aromatic heterocycles. The molecule has 0 radical (unpaired) electrons. The predicted octanol–water partition coefficient (Wildman–Crippen LogP) is 4.36. The van der Waals surface area contributed by atoms with E-state index in [9.17, 15) is 0 Å². The number of benzene rings is 1. The van der Waals surface area contributed by atoms with E-state index in [2.05, 4.69) is 50.4 Å². The minimum Gasteiger partial charge on any atom is -0.356 e. The highest BCUT2D eigenvalue weighted by atomic mass is 14.9. The van der Waals surface area contributed by atoms with E-state index in [1.807, 2.05) is 18.2 Å². The van der Waals surface area contributed by atoms with Gasteiger partial charge in [0.25, 0.3) is 0 Å². The molecule has 1 aromatic carbocycles. The Balaban J connectivity index is 2.77. The molecule has 1 N–H and O–H groups in total. The molecule has 0 aliphatic carbocycles. The van der Waals surface area contributed by atoms with Crippen LogP contribution in [0, 0.1) is 0 Å². The van der Waals surface area contributed by atoms with Crippen molar-refractivity contribution in [2.75, 3.05) is 5.32 Å². The van der Waals surface area contributed by atoms with Crippen molar-refractivity contribution in [3.63, 3.8) is 0 Å². The van der Waals surface area contributed by atoms with Crippen molar-refractivity contribution < 1.29 is 0 Å². The molecule has 0 fully saturated rings. The van der Waals surface area contributed by atoms with Gasteiger partial charge in [-0.2, -0.15) is 0 Å². The third kappa shape index (κ3) is 4.50. The fraction of sp³-hybridized carbons (Fsp3) is 0.286. The average Bonchev–Trinajstić information content (AvgIpc) is 2.18. The Morgan fingerprint density at radius 3 is 2.40 bits per heavy atom. The Labute approximate surface area is 92.5 Å². The van der Waals surface area contributed by atoms with Crippen molar-refractivity contribution in [2.24, 2.45) is 0 Å². The Hall–Kier alpha value is -1.50. The van der Waals surface area contributed by atoms with Crippen LogP contribution < -0.4 is 5.32 Å². The van der Waals surface area contributed by atoms with Crippen LogP contribution in [0.3, 0.4) is 0 Å². The van der Waals surface area contributed by atoms with Crippen LogP contribution in [0.5, 0.6) is 0 Å². The summed E-state index contributed by atoms with van der Waals surface area (Å²) in [6.07, 6.45) is 5.40. The zero-order chi connectivity index (χ0) is 11.1. The lowest BCUT2D eigenvalue weighted by Gasteiger charge is -2.07. The third-order valence-corrected chi connectivity index (χ3v) is 1.93. The van der Waals surface area contributed by atoms with Gasteiger partial charge in [0.1, 0.15) is 0 Å². The smallest absolute Gasteiger partial charge is 0.0384 e. The molecular formula is C14H19N. The first-order valence-electron chi connectivity index (χ1n) is 5.39. The number of nitrogens with one attached hydrogen (secondary N) is 1. The maximum atomic E-state index is 3.40. The zero-order valence-corrected chi connectivity index (χ0v) is 9.75. The van der Waals surface area contributed by atoms with E-state index >= 15 is 0 Å². The zero-order valence-electron chi connectivity index (χ0n) is 9.75. The van der Waals surface area contributed by atoms with Crippen molar-refractivity contribution in [3.8, 4) is 0 Å². The minimum absolute atomic E-state index is 1.04. The number of para-hydroxylation sites is 1. The fourth-order valence-electron chi connectivity index (χ4n) is 1.37. The van der Waals surface area contributed by atoms with E-state index in [1.165, 1.54) is 11.3 Å². The maximum Gasteiger partial charge on any atom is 0.0384 e. The Morgan fingerprint density at radius 1 is 1.20 bits per heavy atom. The Morgan fingerprint density at radius 2 is 1.87 bits per heavy atom. The second-order valence-corrected chi connectivity index (χ2v) is 3.78. The topological polar surface area (TPSA) is 12.0 Å². The standard InChI is InChI=1S/C14H19N/c1-4-8-14(11-12(2)3)15-13-9-6-5-7-10-13/h5-11,15H,4H2,1-3H3/b14-8+. The van der Waals surface area contributed by atoms with Gasteiger partial charge in [-0.05, 0) is 38.5 Å². The summed E-state index contributed by atoms with van der Waals surface area (Å²) in [5.41, 5.74) is 3.61. The summed E-state index contributed by atoms with van der Waals surface area (Å²) in [7, 11) is 0. The first-order valence-corrected chi connectivity index (χ1v) is 5.39. The number of hydrogen-bond donors (Lipinski definition) is 1. The molecule has 0 aliphatic heterocycles. The molecule has 1 rings (SSSR count). The lowest BCUT2D eigenvalue weighted by molar-refractivity contribution is 1.19. The summed E-state index contributed by atoms with van der Waals surface area (Å²) in [6.45, 7) is 6.36. The van der Waals surface area contributed by atoms with Crippen molar-refractivity contribution in [1.82, 2.24) is 0 Å². The van der Waals surface area contributed by atoms with Crippen LogP contribution in [0.2, 0.25) is 0 Å². The fourth-order valence-corrected chi connectivity index (χ4v) is 1.37. The molecule has 0 bridgehead atoms. The van der Waals surface area contributed by atoms with Gasteiger partial charge in [0, 0.05) is 11.4 Å². The summed E-state index contributed by atoms with van der Waals surface area (Å²) < 4.78 is 0. The van der Waals surface area contributed by atoms with Crippen molar-refractivity contribution in [3.05, 3.63) is 53.8 Å². The van der Waals surface area contributed by atoms with Gasteiger partial charge in [-0.3, -0.25) is 0 Å². The highest BCUT2D eigenvalue weighted by molar-refractivity contribution is 5.50. The van der Waals surface area contributed by atoms with Gasteiger partial charge < -0.3 is 5.32 Å². The van der Waals surface area contributed by atoms with Gasteiger partial charge >= 0.3 is 0 Å². The highest BCUT2D eigenvalue weighted by Crippen LogP contribution is 2.11. The van der Waals surface area contributed by atoms with E-state index < -0.39 is 0 Å². The van der Waals surface area contributed by atoms with Crippen LogP contribution >= 0.6 is 0 Å². The van der Waals surface area contributed by atoms with Crippen LogP contribution in [-0.4, -0.2) is 0 Å². The lowest BCUT2D eigenvalue weighted by Crippen LogP contribution is -1.96. The van der Waals surface area contributed by atoms with Crippen LogP contribution in [0.4, 0.5) is 5.69 Å². The first-order chi connectivity index (χ1) is 7.22. The monoisotopic (exact) mass is 201 g/mol. The van der Waals surface area contributed by atoms with Crippen molar-refractivity contribution in [2.45, 2.75) is 27.2 Å². The summed E-state index contributed by atoms with van der Waals surface area (Å²) >= 11 is 0. The van der Waals surface area contributed by atoms with Crippen LogP contribution in [0.15, 0.2) is 53.8 Å². The summed E-state index contributed by atoms with van der Waals surface area (Å²) in [5, 5.41) is 3.40. The van der Waals surface area contributed by atoms with Gasteiger partial charge in [0.05, 0.1) is 0 Å². The predicted molar refractivity (Wildman–Crippen MR) is 67.9 cm³/mol. The van der Waals surface area contributed by atoms with E-state index in [0.717, 1.165) is 12.1 Å². The van der Waals surface area contributed by atoms with Gasteiger partial charge in [-0.25, -0.2) is 0 Å². The SMILES string of the molecule is CC/C=C(\C=C(C)C)Nc1ccccc1. The molecule has 0 heterocycles. The summed E-state index contributed by atoms with van der Waals surface area (Å²) in [6, 6.07) is 10.2. The van der Waals surface area contributed by atoms with Crippen molar-refractivity contribution >= 4 is 5.69 Å². The molecule has 0 spiro atoms. The van der Waals surface area contributed by atoms with E-state index in [0.29, 0.717) is 0 Å². The van der Waals surface area contributed by atoms with E-state index in [1.54, 1.807) is 0 Å². The maximum absolute atomic E-state index is 3.40. The molecule has 0 amide bonds. The molecule has 0 saturated heterocycles. The minimum atomic E-state index is 1.04. The molecule has 1 aromatic rings. The lowest BCUT2D eigenvalue weighted by atomic mass is 10.2. The van der Waals surface area contributed by atoms with Crippen molar-refractivity contribution in [1.29, 1.82) is 0 Å². The number of anilines is 1. The molecule has 15 heavy (non-hydrogen) atoms. The Bertz CT molecular complexity index is 343. The normalized spacial score (nSPS) is 11.0. The molecule has 1 heteroatoms. The van der Waals surface area contributed by atoms with Gasteiger partial charge in [-0.1, -0.05) is 36.8 Å². The molecule has 0 atom stereocenters. The molecule has 1 nitrogen and oxygen atoms in total. The molecule has 0 unspecified atom stereocenters. The summed E-state index contributed by atoms with van der Waals surface area (Å²) in [4.78, 5) is 0. The largest absolute Gasteiger partial charge is 0.356 e. The number of rotatable bonds is 4. The van der Waals surface area contributed by atoms with Gasteiger partial charge in [-0.15, -0.1) is 0 Å². The Kier molecular flexibility index (Phi) is 4.69. The van der Waals surface area contributed by atoms with Gasteiger partial charge in [0.2, 0.25) is 0 Å². The molecule has 0 saturated carbocycles.